The lowest BCUT2D eigenvalue weighted by molar-refractivity contribution is 0.0785. The molecule has 1 aliphatic heterocycles. The number of carbonyl (C=O) groups is 2. The number of anilines is 1. The molecule has 9 nitrogen and oxygen atoms in total. The van der Waals surface area contributed by atoms with Crippen molar-refractivity contribution >= 4 is 28.4 Å². The number of amides is 2. The number of fused-ring (bicyclic) bond motifs is 1. The fourth-order valence-corrected chi connectivity index (χ4v) is 4.71. The molecular formula is C28H27FN6O3. The monoisotopic (exact) mass is 514 g/mol. The standard InChI is InChI=1S/C28H27FN6O3/c1-34(2)27(37)21-8-5-12-30-25(21)31-18-11-13-35(16-18)28(38)22-14-17(9-10-23(22)29)15-24-19-6-3-4-7-20(19)26(36)33-32-24/h3-10,12,14,18H,11,13,15-16H2,1-2H3,(H,30,31)(H,33,36)/t18-/m1/s1. The molecule has 2 N–H and O–H groups in total. The van der Waals surface area contributed by atoms with E-state index in [9.17, 15) is 18.8 Å². The third kappa shape index (κ3) is 4.97. The van der Waals surface area contributed by atoms with E-state index in [2.05, 4.69) is 20.5 Å². The van der Waals surface area contributed by atoms with Crippen molar-refractivity contribution in [2.24, 2.45) is 0 Å². The van der Waals surface area contributed by atoms with Crippen molar-refractivity contribution in [1.29, 1.82) is 0 Å². The van der Waals surface area contributed by atoms with E-state index in [1.807, 2.05) is 12.1 Å². The Morgan fingerprint density at radius 2 is 1.89 bits per heavy atom. The van der Waals surface area contributed by atoms with Crippen molar-refractivity contribution in [2.45, 2.75) is 18.9 Å². The number of aromatic nitrogens is 3. The number of rotatable bonds is 6. The van der Waals surface area contributed by atoms with Crippen molar-refractivity contribution in [3.8, 4) is 0 Å². The van der Waals surface area contributed by atoms with E-state index in [-0.39, 0.29) is 23.1 Å². The third-order valence-corrected chi connectivity index (χ3v) is 6.67. The predicted octanol–water partition coefficient (Wildman–Crippen LogP) is 3.08. The highest BCUT2D eigenvalue weighted by Crippen LogP contribution is 2.23. The van der Waals surface area contributed by atoms with E-state index >= 15 is 0 Å². The van der Waals surface area contributed by atoms with Crippen LogP contribution in [-0.4, -0.2) is 70.0 Å². The molecule has 1 saturated heterocycles. The van der Waals surface area contributed by atoms with Crippen LogP contribution in [0.2, 0.25) is 0 Å². The molecule has 0 unspecified atom stereocenters. The Morgan fingerprint density at radius 3 is 2.68 bits per heavy atom. The van der Waals surface area contributed by atoms with Gasteiger partial charge in [-0.25, -0.2) is 14.5 Å². The maximum atomic E-state index is 14.8. The second-order valence-electron chi connectivity index (χ2n) is 9.52. The number of H-pyrrole nitrogens is 1. The average Bonchev–Trinajstić information content (AvgIpc) is 3.39. The minimum Gasteiger partial charge on any atom is -0.365 e. The molecule has 0 bridgehead atoms. The average molecular weight is 515 g/mol. The summed E-state index contributed by atoms with van der Waals surface area (Å²) in [6, 6.07) is 14.9. The van der Waals surface area contributed by atoms with Gasteiger partial charge in [0.2, 0.25) is 0 Å². The summed E-state index contributed by atoms with van der Waals surface area (Å²) >= 11 is 0. The molecule has 38 heavy (non-hydrogen) atoms. The van der Waals surface area contributed by atoms with Crippen LogP contribution >= 0.6 is 0 Å². The normalized spacial score (nSPS) is 15.0. The van der Waals surface area contributed by atoms with Crippen molar-refractivity contribution in [1.82, 2.24) is 25.0 Å². The van der Waals surface area contributed by atoms with E-state index < -0.39 is 11.7 Å². The first kappa shape index (κ1) is 25.1. The van der Waals surface area contributed by atoms with Gasteiger partial charge in [-0.15, -0.1) is 0 Å². The smallest absolute Gasteiger partial charge is 0.272 e. The third-order valence-electron chi connectivity index (χ3n) is 6.67. The number of likely N-dealkylation sites (tertiary alicyclic amines) is 1. The maximum absolute atomic E-state index is 14.8. The first-order valence-corrected chi connectivity index (χ1v) is 12.3. The molecule has 4 aromatic rings. The molecule has 5 rings (SSSR count). The van der Waals surface area contributed by atoms with Crippen LogP contribution in [0.25, 0.3) is 10.8 Å². The van der Waals surface area contributed by atoms with Crippen LogP contribution in [0.15, 0.2) is 65.6 Å². The fraction of sp³-hybridized carbons (Fsp3) is 0.250. The lowest BCUT2D eigenvalue weighted by Gasteiger charge is -2.20. The highest BCUT2D eigenvalue weighted by molar-refractivity contribution is 5.98. The highest BCUT2D eigenvalue weighted by atomic mass is 19.1. The first-order valence-electron chi connectivity index (χ1n) is 12.3. The quantitative estimate of drug-likeness (QED) is 0.409. The van der Waals surface area contributed by atoms with Gasteiger partial charge in [0, 0.05) is 51.2 Å². The molecule has 2 amide bonds. The molecule has 0 radical (unpaired) electrons. The summed E-state index contributed by atoms with van der Waals surface area (Å²) in [7, 11) is 3.35. The number of pyridine rings is 1. The Labute approximate surface area is 218 Å². The molecule has 1 aliphatic rings. The maximum Gasteiger partial charge on any atom is 0.272 e. The first-order chi connectivity index (χ1) is 18.3. The van der Waals surface area contributed by atoms with Crippen LogP contribution in [0, 0.1) is 5.82 Å². The molecule has 3 heterocycles. The second kappa shape index (κ2) is 10.4. The Kier molecular flexibility index (Phi) is 6.87. The number of hydrogen-bond acceptors (Lipinski definition) is 6. The Bertz CT molecular complexity index is 1580. The minimum absolute atomic E-state index is 0.0156. The van der Waals surface area contributed by atoms with Crippen LogP contribution in [0.3, 0.4) is 0 Å². The van der Waals surface area contributed by atoms with E-state index in [4.69, 9.17) is 0 Å². The summed E-state index contributed by atoms with van der Waals surface area (Å²) in [5.74, 6) is -0.717. The number of halogens is 1. The SMILES string of the molecule is CN(C)C(=O)c1cccnc1N[C@@H]1CCN(C(=O)c2cc(Cc3n[nH]c(=O)c4ccccc34)ccc2F)C1. The van der Waals surface area contributed by atoms with Gasteiger partial charge < -0.3 is 15.1 Å². The molecule has 1 atom stereocenters. The number of nitrogens with zero attached hydrogens (tertiary/aromatic N) is 4. The number of benzene rings is 2. The van der Waals surface area contributed by atoms with Crippen LogP contribution in [-0.2, 0) is 6.42 Å². The van der Waals surface area contributed by atoms with Crippen LogP contribution in [0.4, 0.5) is 10.2 Å². The Hall–Kier alpha value is -4.60. The molecule has 1 fully saturated rings. The zero-order chi connectivity index (χ0) is 26.8. The summed E-state index contributed by atoms with van der Waals surface area (Å²) < 4.78 is 14.8. The van der Waals surface area contributed by atoms with Crippen LogP contribution in [0.5, 0.6) is 0 Å². The van der Waals surface area contributed by atoms with Gasteiger partial charge in [-0.05, 0) is 42.3 Å². The molecule has 10 heteroatoms. The lowest BCUT2D eigenvalue weighted by Crippen LogP contribution is -2.33. The molecule has 194 valence electrons. The topological polar surface area (TPSA) is 111 Å². The van der Waals surface area contributed by atoms with Gasteiger partial charge in [-0.1, -0.05) is 24.3 Å². The Morgan fingerprint density at radius 1 is 1.11 bits per heavy atom. The van der Waals surface area contributed by atoms with Crippen molar-refractivity contribution in [3.05, 3.63) is 99.3 Å². The molecule has 2 aromatic heterocycles. The van der Waals surface area contributed by atoms with Gasteiger partial charge in [0.1, 0.15) is 11.6 Å². The molecule has 0 aliphatic carbocycles. The van der Waals surface area contributed by atoms with E-state index in [0.717, 1.165) is 0 Å². The largest absolute Gasteiger partial charge is 0.365 e. The van der Waals surface area contributed by atoms with Crippen molar-refractivity contribution in [2.75, 3.05) is 32.5 Å². The summed E-state index contributed by atoms with van der Waals surface area (Å²) in [5.41, 5.74) is 1.49. The number of aromatic amines is 1. The van der Waals surface area contributed by atoms with Gasteiger partial charge in [0.25, 0.3) is 17.4 Å². The van der Waals surface area contributed by atoms with Crippen LogP contribution in [0.1, 0.15) is 38.4 Å². The number of nitrogens with one attached hydrogen (secondary N) is 2. The molecule has 0 saturated carbocycles. The molecule has 0 spiro atoms. The minimum atomic E-state index is -0.599. The lowest BCUT2D eigenvalue weighted by atomic mass is 10.0. The summed E-state index contributed by atoms with van der Waals surface area (Å²) in [6.45, 7) is 0.789. The van der Waals surface area contributed by atoms with Crippen LogP contribution < -0.4 is 10.9 Å². The molecule has 2 aromatic carbocycles. The van der Waals surface area contributed by atoms with Crippen molar-refractivity contribution < 1.29 is 14.0 Å². The zero-order valence-corrected chi connectivity index (χ0v) is 21.1. The number of hydrogen-bond donors (Lipinski definition) is 2. The van der Waals surface area contributed by atoms with E-state index in [1.165, 1.54) is 11.0 Å². The second-order valence-corrected chi connectivity index (χ2v) is 9.52. The van der Waals surface area contributed by atoms with Gasteiger partial charge in [0.05, 0.1) is 22.2 Å². The zero-order valence-electron chi connectivity index (χ0n) is 21.1. The van der Waals surface area contributed by atoms with Gasteiger partial charge in [-0.2, -0.15) is 5.10 Å². The fourth-order valence-electron chi connectivity index (χ4n) is 4.71. The van der Waals surface area contributed by atoms with E-state index in [0.29, 0.717) is 59.3 Å². The summed E-state index contributed by atoms with van der Waals surface area (Å²) in [6.07, 6.45) is 2.56. The number of carbonyl (C=O) groups excluding carboxylic acids is 2. The summed E-state index contributed by atoms with van der Waals surface area (Å²) in [5, 5.41) is 11.2. The molecular weight excluding hydrogens is 487 g/mol. The highest BCUT2D eigenvalue weighted by Gasteiger charge is 2.29. The van der Waals surface area contributed by atoms with Gasteiger partial charge in [-0.3, -0.25) is 14.4 Å². The van der Waals surface area contributed by atoms with E-state index in [1.54, 1.807) is 61.6 Å². The summed E-state index contributed by atoms with van der Waals surface area (Å²) in [4.78, 5) is 45.3. The Balaban J connectivity index is 1.32. The predicted molar refractivity (Wildman–Crippen MR) is 142 cm³/mol. The van der Waals surface area contributed by atoms with Gasteiger partial charge in [0.15, 0.2) is 0 Å². The van der Waals surface area contributed by atoms with Crippen molar-refractivity contribution in [3.63, 3.8) is 0 Å². The van der Waals surface area contributed by atoms with Gasteiger partial charge >= 0.3 is 0 Å².